The van der Waals surface area contributed by atoms with E-state index in [2.05, 4.69) is 4.98 Å². The van der Waals surface area contributed by atoms with Gasteiger partial charge in [-0.25, -0.2) is 23.7 Å². The second-order valence-corrected chi connectivity index (χ2v) is 8.42. The van der Waals surface area contributed by atoms with Gasteiger partial charge in [0.2, 0.25) is 0 Å². The van der Waals surface area contributed by atoms with E-state index >= 15 is 0 Å². The highest BCUT2D eigenvalue weighted by atomic mass is 19.1. The lowest BCUT2D eigenvalue weighted by atomic mass is 10.0. The number of hydrogen-bond donors (Lipinski definition) is 1. The first kappa shape index (κ1) is 22.2. The number of halogens is 1. The van der Waals surface area contributed by atoms with E-state index in [-0.39, 0.29) is 29.2 Å². The normalized spacial score (nSPS) is 11.2. The number of aryl methyl sites for hydroxylation is 2. The van der Waals surface area contributed by atoms with E-state index in [0.717, 1.165) is 22.3 Å². The van der Waals surface area contributed by atoms with Crippen LogP contribution in [0.15, 0.2) is 77.6 Å². The van der Waals surface area contributed by atoms with Gasteiger partial charge in [0.05, 0.1) is 12.2 Å². The van der Waals surface area contributed by atoms with E-state index in [1.807, 2.05) is 62.4 Å². The Hall–Kier alpha value is -4.59. The van der Waals surface area contributed by atoms with Gasteiger partial charge in [0.25, 0.3) is 5.91 Å². The van der Waals surface area contributed by atoms with Crippen LogP contribution in [0.5, 0.6) is 0 Å². The number of amides is 1. The van der Waals surface area contributed by atoms with Crippen molar-refractivity contribution in [2.45, 2.75) is 20.4 Å². The Balaban J connectivity index is 1.88. The van der Waals surface area contributed by atoms with Crippen LogP contribution in [0.1, 0.15) is 27.2 Å². The SMILES string of the molecule is Cc1ccc(C)c(-c2nc(C(N)=O)c3c(n2)n(-c2ccc(F)cc2)c(=O)n3Cc2ccccc2)c1. The lowest BCUT2D eigenvalue weighted by Gasteiger charge is -2.10. The fourth-order valence-corrected chi connectivity index (χ4v) is 4.16. The molecule has 2 aromatic heterocycles. The summed E-state index contributed by atoms with van der Waals surface area (Å²) in [5.41, 5.74) is 9.61. The van der Waals surface area contributed by atoms with Gasteiger partial charge in [0.1, 0.15) is 11.3 Å². The maximum atomic E-state index is 13.7. The maximum Gasteiger partial charge on any atom is 0.335 e. The molecule has 0 aliphatic rings. The number of primary amides is 1. The zero-order chi connectivity index (χ0) is 24.7. The Labute approximate surface area is 200 Å². The molecule has 5 rings (SSSR count). The van der Waals surface area contributed by atoms with Gasteiger partial charge >= 0.3 is 5.69 Å². The predicted octanol–water partition coefficient (Wildman–Crippen LogP) is 4.15. The number of carbonyl (C=O) groups excluding carboxylic acids is 1. The number of fused-ring (bicyclic) bond motifs is 1. The number of benzene rings is 3. The minimum Gasteiger partial charge on any atom is -0.364 e. The van der Waals surface area contributed by atoms with Crippen molar-refractivity contribution in [2.24, 2.45) is 5.73 Å². The molecule has 0 saturated carbocycles. The van der Waals surface area contributed by atoms with Gasteiger partial charge in [-0.05, 0) is 55.3 Å². The summed E-state index contributed by atoms with van der Waals surface area (Å²) in [5.74, 6) is -0.930. The number of imidazole rings is 1. The van der Waals surface area contributed by atoms with Crippen molar-refractivity contribution in [3.63, 3.8) is 0 Å². The molecule has 0 unspecified atom stereocenters. The van der Waals surface area contributed by atoms with Crippen molar-refractivity contribution in [1.29, 1.82) is 0 Å². The lowest BCUT2D eigenvalue weighted by Crippen LogP contribution is -2.24. The van der Waals surface area contributed by atoms with E-state index in [1.54, 1.807) is 0 Å². The maximum absolute atomic E-state index is 13.7. The smallest absolute Gasteiger partial charge is 0.335 e. The third-order valence-corrected chi connectivity index (χ3v) is 5.91. The summed E-state index contributed by atoms with van der Waals surface area (Å²) in [6, 6.07) is 20.7. The standard InChI is InChI=1S/C27H22FN5O2/c1-16-8-9-17(2)21(14-16)25-30-22(24(29)34)23-26(31-25)33(20-12-10-19(28)11-13-20)27(35)32(23)15-18-6-4-3-5-7-18/h3-14H,15H2,1-2H3,(H2,29,34). The molecule has 2 N–H and O–H groups in total. The van der Waals surface area contributed by atoms with E-state index in [0.29, 0.717) is 5.69 Å². The van der Waals surface area contributed by atoms with Crippen LogP contribution in [0.3, 0.4) is 0 Å². The van der Waals surface area contributed by atoms with Crippen LogP contribution in [0.2, 0.25) is 0 Å². The quantitative estimate of drug-likeness (QED) is 0.420. The molecule has 0 fully saturated rings. The first-order valence-corrected chi connectivity index (χ1v) is 11.0. The molecule has 1 amide bonds. The van der Waals surface area contributed by atoms with Crippen LogP contribution in [-0.2, 0) is 6.54 Å². The summed E-state index contributed by atoms with van der Waals surface area (Å²) in [4.78, 5) is 35.6. The van der Waals surface area contributed by atoms with Crippen molar-refractivity contribution < 1.29 is 9.18 Å². The fourth-order valence-electron chi connectivity index (χ4n) is 4.16. The van der Waals surface area contributed by atoms with E-state index in [9.17, 15) is 14.0 Å². The van der Waals surface area contributed by atoms with Crippen LogP contribution < -0.4 is 11.4 Å². The highest BCUT2D eigenvalue weighted by Crippen LogP contribution is 2.27. The molecule has 0 spiro atoms. The molecule has 0 bridgehead atoms. The zero-order valence-corrected chi connectivity index (χ0v) is 19.2. The summed E-state index contributed by atoms with van der Waals surface area (Å²) in [6.07, 6.45) is 0. The molecular formula is C27H22FN5O2. The second-order valence-electron chi connectivity index (χ2n) is 8.42. The molecule has 0 aliphatic heterocycles. The van der Waals surface area contributed by atoms with Gasteiger partial charge in [0, 0.05) is 5.56 Å². The van der Waals surface area contributed by atoms with Gasteiger partial charge in [-0.1, -0.05) is 48.0 Å². The van der Waals surface area contributed by atoms with Gasteiger partial charge < -0.3 is 5.73 Å². The molecule has 174 valence electrons. The molecule has 2 heterocycles. The Bertz CT molecular complexity index is 1640. The third-order valence-electron chi connectivity index (χ3n) is 5.91. The Morgan fingerprint density at radius 2 is 1.69 bits per heavy atom. The predicted molar refractivity (Wildman–Crippen MR) is 132 cm³/mol. The number of carbonyl (C=O) groups is 1. The topological polar surface area (TPSA) is 95.8 Å². The number of aromatic nitrogens is 4. The van der Waals surface area contributed by atoms with Crippen molar-refractivity contribution >= 4 is 17.1 Å². The summed E-state index contributed by atoms with van der Waals surface area (Å²) in [6.45, 7) is 4.04. The highest BCUT2D eigenvalue weighted by molar-refractivity contribution is 6.02. The molecule has 35 heavy (non-hydrogen) atoms. The molecule has 3 aromatic carbocycles. The van der Waals surface area contributed by atoms with Crippen LogP contribution >= 0.6 is 0 Å². The van der Waals surface area contributed by atoms with Crippen LogP contribution in [-0.4, -0.2) is 25.0 Å². The minimum absolute atomic E-state index is 0.0557. The number of hydrogen-bond acceptors (Lipinski definition) is 4. The fraction of sp³-hybridized carbons (Fsp3) is 0.111. The Morgan fingerprint density at radius 3 is 2.37 bits per heavy atom. The number of nitrogens with two attached hydrogens (primary N) is 1. The van der Waals surface area contributed by atoms with Gasteiger partial charge in [0.15, 0.2) is 17.2 Å². The summed E-state index contributed by atoms with van der Waals surface area (Å²) >= 11 is 0. The molecule has 0 radical (unpaired) electrons. The van der Waals surface area contributed by atoms with Crippen LogP contribution in [0, 0.1) is 19.7 Å². The third kappa shape index (κ3) is 3.99. The van der Waals surface area contributed by atoms with Crippen molar-refractivity contribution in [3.8, 4) is 17.1 Å². The number of nitrogens with zero attached hydrogens (tertiary/aromatic N) is 4. The summed E-state index contributed by atoms with van der Waals surface area (Å²) in [5, 5.41) is 0. The van der Waals surface area contributed by atoms with Crippen molar-refractivity contribution in [1.82, 2.24) is 19.1 Å². The van der Waals surface area contributed by atoms with Gasteiger partial charge in [-0.15, -0.1) is 0 Å². The van der Waals surface area contributed by atoms with Crippen molar-refractivity contribution in [3.05, 3.63) is 111 Å². The van der Waals surface area contributed by atoms with Crippen molar-refractivity contribution in [2.75, 3.05) is 0 Å². The van der Waals surface area contributed by atoms with E-state index < -0.39 is 17.4 Å². The first-order valence-electron chi connectivity index (χ1n) is 11.0. The van der Waals surface area contributed by atoms with E-state index in [4.69, 9.17) is 10.7 Å². The second kappa shape index (κ2) is 8.64. The molecule has 0 saturated heterocycles. The zero-order valence-electron chi connectivity index (χ0n) is 19.2. The minimum atomic E-state index is -0.776. The lowest BCUT2D eigenvalue weighted by molar-refractivity contribution is 0.0997. The molecule has 8 heteroatoms. The van der Waals surface area contributed by atoms with E-state index in [1.165, 1.54) is 33.4 Å². The first-order chi connectivity index (χ1) is 16.8. The van der Waals surface area contributed by atoms with Crippen LogP contribution in [0.25, 0.3) is 28.2 Å². The largest absolute Gasteiger partial charge is 0.364 e. The van der Waals surface area contributed by atoms with Gasteiger partial charge in [-0.3, -0.25) is 9.36 Å². The Morgan fingerprint density at radius 1 is 0.971 bits per heavy atom. The molecule has 5 aromatic rings. The molecule has 0 atom stereocenters. The average Bonchev–Trinajstić information content (AvgIpc) is 3.12. The van der Waals surface area contributed by atoms with Gasteiger partial charge in [-0.2, -0.15) is 0 Å². The Kier molecular flexibility index (Phi) is 5.49. The molecular weight excluding hydrogens is 445 g/mol. The average molecular weight is 468 g/mol. The highest BCUT2D eigenvalue weighted by Gasteiger charge is 2.25. The summed E-state index contributed by atoms with van der Waals surface area (Å²) in [7, 11) is 0. The summed E-state index contributed by atoms with van der Waals surface area (Å²) < 4.78 is 16.5. The molecule has 0 aliphatic carbocycles. The molecule has 7 nitrogen and oxygen atoms in total. The number of rotatable bonds is 5. The van der Waals surface area contributed by atoms with Crippen LogP contribution in [0.4, 0.5) is 4.39 Å². The monoisotopic (exact) mass is 467 g/mol.